The van der Waals surface area contributed by atoms with Crippen molar-refractivity contribution in [3.8, 4) is 0 Å². The lowest BCUT2D eigenvalue weighted by atomic mass is 10.1. The first-order valence-electron chi connectivity index (χ1n) is 4.79. The maximum Gasteiger partial charge on any atom is 0.214 e. The number of anilines is 2. The number of carbonyl (C=O) groups is 2. The van der Waals surface area contributed by atoms with Crippen molar-refractivity contribution in [2.75, 3.05) is 29.9 Å². The standard InChI is InChI=1S/C11H12N2O2/c1-12-5-6-13(8-15)11-9(7-14)3-2-4-10(11)12/h2-4,7-8H,5-6H2,1H3. The maximum absolute atomic E-state index is 10.9. The fourth-order valence-electron chi connectivity index (χ4n) is 1.86. The highest BCUT2D eigenvalue weighted by molar-refractivity contribution is 5.97. The van der Waals surface area contributed by atoms with Gasteiger partial charge in [0.15, 0.2) is 6.29 Å². The smallest absolute Gasteiger partial charge is 0.214 e. The molecule has 1 aromatic rings. The Morgan fingerprint density at radius 3 is 2.73 bits per heavy atom. The lowest BCUT2D eigenvalue weighted by Crippen LogP contribution is -2.39. The molecule has 4 nitrogen and oxygen atoms in total. The molecule has 0 unspecified atom stereocenters. The summed E-state index contributed by atoms with van der Waals surface area (Å²) < 4.78 is 0. The Morgan fingerprint density at radius 1 is 1.27 bits per heavy atom. The van der Waals surface area contributed by atoms with Crippen LogP contribution >= 0.6 is 0 Å². The van der Waals surface area contributed by atoms with E-state index < -0.39 is 0 Å². The van der Waals surface area contributed by atoms with Gasteiger partial charge in [-0.1, -0.05) is 6.07 Å². The van der Waals surface area contributed by atoms with Gasteiger partial charge in [-0.15, -0.1) is 0 Å². The Kier molecular flexibility index (Phi) is 2.41. The fraction of sp³-hybridized carbons (Fsp3) is 0.273. The first-order valence-corrected chi connectivity index (χ1v) is 4.79. The van der Waals surface area contributed by atoms with Gasteiger partial charge in [0.05, 0.1) is 11.4 Å². The number of carbonyl (C=O) groups excluding carboxylic acids is 2. The van der Waals surface area contributed by atoms with Crippen molar-refractivity contribution >= 4 is 24.1 Å². The van der Waals surface area contributed by atoms with Gasteiger partial charge in [0.2, 0.25) is 6.41 Å². The molecule has 0 aromatic heterocycles. The molecule has 4 heteroatoms. The highest BCUT2D eigenvalue weighted by atomic mass is 16.1. The Labute approximate surface area is 88.1 Å². The summed E-state index contributed by atoms with van der Waals surface area (Å²) in [5.74, 6) is 0. The van der Waals surface area contributed by atoms with Crippen LogP contribution in [0.1, 0.15) is 10.4 Å². The van der Waals surface area contributed by atoms with E-state index in [2.05, 4.69) is 0 Å². The molecule has 1 aliphatic rings. The number of nitrogens with zero attached hydrogens (tertiary/aromatic N) is 2. The van der Waals surface area contributed by atoms with Gasteiger partial charge in [-0.2, -0.15) is 0 Å². The molecule has 0 fully saturated rings. The first-order chi connectivity index (χ1) is 7.27. The van der Waals surface area contributed by atoms with Gasteiger partial charge in [-0.25, -0.2) is 0 Å². The van der Waals surface area contributed by atoms with E-state index in [9.17, 15) is 9.59 Å². The minimum Gasteiger partial charge on any atom is -0.371 e. The highest BCUT2D eigenvalue weighted by Crippen LogP contribution is 2.33. The number of amides is 1. The predicted molar refractivity (Wildman–Crippen MR) is 58.5 cm³/mol. The molecule has 0 saturated heterocycles. The topological polar surface area (TPSA) is 40.6 Å². The molecule has 1 amide bonds. The average molecular weight is 204 g/mol. The van der Waals surface area contributed by atoms with E-state index in [0.717, 1.165) is 30.6 Å². The van der Waals surface area contributed by atoms with E-state index in [0.29, 0.717) is 12.1 Å². The first kappa shape index (κ1) is 9.71. The molecule has 1 heterocycles. The minimum absolute atomic E-state index is 0.561. The van der Waals surface area contributed by atoms with E-state index in [4.69, 9.17) is 0 Å². The van der Waals surface area contributed by atoms with Crippen LogP contribution in [0.4, 0.5) is 11.4 Å². The number of likely N-dealkylation sites (N-methyl/N-ethyl adjacent to an activating group) is 1. The maximum atomic E-state index is 10.9. The Balaban J connectivity index is 2.61. The predicted octanol–water partition coefficient (Wildman–Crippen LogP) is 0.912. The summed E-state index contributed by atoms with van der Waals surface area (Å²) >= 11 is 0. The molecule has 0 spiro atoms. The molecule has 1 aliphatic heterocycles. The van der Waals surface area contributed by atoms with Gasteiger partial charge in [-0.05, 0) is 12.1 Å². The third kappa shape index (κ3) is 1.48. The molecule has 0 bridgehead atoms. The minimum atomic E-state index is 0.561. The quantitative estimate of drug-likeness (QED) is 0.672. The molecule has 0 atom stereocenters. The number of para-hydroxylation sites is 1. The van der Waals surface area contributed by atoms with E-state index in [1.807, 2.05) is 24.1 Å². The number of fused-ring (bicyclic) bond motifs is 1. The number of aldehydes is 1. The molecule has 0 N–H and O–H groups in total. The van der Waals surface area contributed by atoms with Crippen LogP contribution in [0.5, 0.6) is 0 Å². The van der Waals surface area contributed by atoms with E-state index in [1.54, 1.807) is 11.0 Å². The summed E-state index contributed by atoms with van der Waals surface area (Å²) in [6.45, 7) is 1.41. The van der Waals surface area contributed by atoms with Gasteiger partial charge in [-0.3, -0.25) is 9.59 Å². The molecule has 2 rings (SSSR count). The van der Waals surface area contributed by atoms with Crippen LogP contribution in [-0.2, 0) is 4.79 Å². The highest BCUT2D eigenvalue weighted by Gasteiger charge is 2.22. The SMILES string of the molecule is CN1CCN(C=O)c2c(C=O)cccc21. The summed E-state index contributed by atoms with van der Waals surface area (Å²) in [5, 5.41) is 0. The molecule has 0 radical (unpaired) electrons. The van der Waals surface area contributed by atoms with Crippen LogP contribution in [0, 0.1) is 0 Å². The molecular formula is C11H12N2O2. The molecule has 15 heavy (non-hydrogen) atoms. The third-order valence-corrected chi connectivity index (χ3v) is 2.67. The van der Waals surface area contributed by atoms with Gasteiger partial charge < -0.3 is 9.80 Å². The van der Waals surface area contributed by atoms with Crippen LogP contribution in [0.3, 0.4) is 0 Å². The average Bonchev–Trinajstić information content (AvgIpc) is 2.29. The second kappa shape index (κ2) is 3.73. The Morgan fingerprint density at radius 2 is 2.07 bits per heavy atom. The normalized spacial score (nSPS) is 14.7. The van der Waals surface area contributed by atoms with Crippen molar-refractivity contribution in [2.24, 2.45) is 0 Å². The van der Waals surface area contributed by atoms with Gasteiger partial charge in [0.25, 0.3) is 0 Å². The van der Waals surface area contributed by atoms with Crippen molar-refractivity contribution < 1.29 is 9.59 Å². The van der Waals surface area contributed by atoms with Crippen molar-refractivity contribution in [3.63, 3.8) is 0 Å². The molecule has 0 saturated carbocycles. The summed E-state index contributed by atoms with van der Waals surface area (Å²) in [5.41, 5.74) is 2.21. The molecular weight excluding hydrogens is 192 g/mol. The number of rotatable bonds is 2. The Hall–Kier alpha value is -1.84. The summed E-state index contributed by atoms with van der Waals surface area (Å²) in [7, 11) is 1.95. The summed E-state index contributed by atoms with van der Waals surface area (Å²) in [6, 6.07) is 5.47. The molecule has 0 aliphatic carbocycles. The number of hydrogen-bond acceptors (Lipinski definition) is 3. The van der Waals surface area contributed by atoms with Crippen molar-refractivity contribution in [3.05, 3.63) is 23.8 Å². The van der Waals surface area contributed by atoms with Gasteiger partial charge in [0, 0.05) is 25.7 Å². The molecule has 78 valence electrons. The number of hydrogen-bond donors (Lipinski definition) is 0. The van der Waals surface area contributed by atoms with E-state index in [1.165, 1.54) is 0 Å². The van der Waals surface area contributed by atoms with E-state index >= 15 is 0 Å². The summed E-state index contributed by atoms with van der Waals surface area (Å²) in [6.07, 6.45) is 1.56. The lowest BCUT2D eigenvalue weighted by Gasteiger charge is -2.34. The van der Waals surface area contributed by atoms with Crippen molar-refractivity contribution in [2.45, 2.75) is 0 Å². The largest absolute Gasteiger partial charge is 0.371 e. The van der Waals surface area contributed by atoms with Crippen LogP contribution in [0.2, 0.25) is 0 Å². The third-order valence-electron chi connectivity index (χ3n) is 2.67. The van der Waals surface area contributed by atoms with Gasteiger partial charge in [0.1, 0.15) is 0 Å². The second-order valence-corrected chi connectivity index (χ2v) is 3.55. The van der Waals surface area contributed by atoms with Crippen LogP contribution in [-0.4, -0.2) is 32.8 Å². The number of benzene rings is 1. The zero-order valence-electron chi connectivity index (χ0n) is 8.51. The Bertz CT molecular complexity index is 404. The molecule has 1 aromatic carbocycles. The second-order valence-electron chi connectivity index (χ2n) is 3.55. The zero-order chi connectivity index (χ0) is 10.8. The van der Waals surface area contributed by atoms with Gasteiger partial charge >= 0.3 is 0 Å². The van der Waals surface area contributed by atoms with Crippen LogP contribution < -0.4 is 9.80 Å². The summed E-state index contributed by atoms with van der Waals surface area (Å²) in [4.78, 5) is 25.4. The lowest BCUT2D eigenvalue weighted by molar-refractivity contribution is -0.107. The van der Waals surface area contributed by atoms with Crippen LogP contribution in [0.15, 0.2) is 18.2 Å². The fourth-order valence-corrected chi connectivity index (χ4v) is 1.86. The van der Waals surface area contributed by atoms with Crippen molar-refractivity contribution in [1.82, 2.24) is 0 Å². The van der Waals surface area contributed by atoms with E-state index in [-0.39, 0.29) is 0 Å². The zero-order valence-corrected chi connectivity index (χ0v) is 8.51. The van der Waals surface area contributed by atoms with Crippen LogP contribution in [0.25, 0.3) is 0 Å². The monoisotopic (exact) mass is 204 g/mol. The van der Waals surface area contributed by atoms with Crippen molar-refractivity contribution in [1.29, 1.82) is 0 Å².